The van der Waals surface area contributed by atoms with Crippen molar-refractivity contribution >= 4 is 32.8 Å². The highest BCUT2D eigenvalue weighted by Gasteiger charge is 2.33. The first-order chi connectivity index (χ1) is 8.55. The van der Waals surface area contributed by atoms with Crippen molar-refractivity contribution < 1.29 is 8.42 Å². The molecule has 0 aromatic heterocycles. The third-order valence-corrected chi connectivity index (χ3v) is 5.52. The van der Waals surface area contributed by atoms with Crippen LogP contribution in [0.2, 0.25) is 5.02 Å². The van der Waals surface area contributed by atoms with Crippen LogP contribution in [0.3, 0.4) is 0 Å². The number of hydrogen-bond donors (Lipinski definition) is 1. The molecule has 0 radical (unpaired) electrons. The van der Waals surface area contributed by atoms with Crippen molar-refractivity contribution in [3.05, 3.63) is 23.2 Å². The molecule has 0 bridgehead atoms. The van der Waals surface area contributed by atoms with Gasteiger partial charge < -0.3 is 10.2 Å². The smallest absolute Gasteiger partial charge is 0.154 e. The molecule has 1 N–H and O–H groups in total. The molecule has 0 aliphatic carbocycles. The summed E-state index contributed by atoms with van der Waals surface area (Å²) in [7, 11) is -2.88. The normalized spacial score (nSPS) is 25.6. The van der Waals surface area contributed by atoms with Crippen LogP contribution in [0.25, 0.3) is 0 Å². The average molecular weight is 287 g/mol. The van der Waals surface area contributed by atoms with Crippen molar-refractivity contribution in [2.75, 3.05) is 34.8 Å². The number of anilines is 2. The third-order valence-electron chi connectivity index (χ3n) is 3.59. The summed E-state index contributed by atoms with van der Waals surface area (Å²) in [5.74, 6) is 0.482. The quantitative estimate of drug-likeness (QED) is 0.789. The zero-order valence-corrected chi connectivity index (χ0v) is 11.5. The van der Waals surface area contributed by atoms with E-state index in [0.29, 0.717) is 11.6 Å². The maximum Gasteiger partial charge on any atom is 0.154 e. The van der Waals surface area contributed by atoms with E-state index in [9.17, 15) is 8.42 Å². The first-order valence-electron chi connectivity index (χ1n) is 6.06. The van der Waals surface area contributed by atoms with E-state index in [-0.39, 0.29) is 17.5 Å². The molecular weight excluding hydrogens is 272 g/mol. The molecule has 1 unspecified atom stereocenters. The lowest BCUT2D eigenvalue weighted by Crippen LogP contribution is -2.48. The first kappa shape index (κ1) is 12.1. The second kappa shape index (κ2) is 4.31. The van der Waals surface area contributed by atoms with Crippen molar-refractivity contribution in [1.82, 2.24) is 0 Å². The van der Waals surface area contributed by atoms with Crippen LogP contribution in [0, 0.1) is 0 Å². The third kappa shape index (κ3) is 2.17. The molecule has 1 aromatic rings. The van der Waals surface area contributed by atoms with Crippen LogP contribution in [0.4, 0.5) is 11.4 Å². The second-order valence-corrected chi connectivity index (χ2v) is 7.50. The second-order valence-electron chi connectivity index (χ2n) is 4.84. The van der Waals surface area contributed by atoms with Crippen molar-refractivity contribution in [2.24, 2.45) is 0 Å². The Morgan fingerprint density at radius 3 is 3.06 bits per heavy atom. The van der Waals surface area contributed by atoms with Gasteiger partial charge in [-0.2, -0.15) is 0 Å². The van der Waals surface area contributed by atoms with Gasteiger partial charge in [0.05, 0.1) is 22.9 Å². The largest absolute Gasteiger partial charge is 0.383 e. The minimum atomic E-state index is -2.88. The van der Waals surface area contributed by atoms with E-state index in [1.807, 2.05) is 18.2 Å². The predicted molar refractivity (Wildman–Crippen MR) is 74.3 cm³/mol. The summed E-state index contributed by atoms with van der Waals surface area (Å²) < 4.78 is 23.4. The Labute approximate surface area is 112 Å². The molecule has 0 spiro atoms. The number of rotatable bonds is 0. The van der Waals surface area contributed by atoms with Crippen LogP contribution in [-0.4, -0.2) is 39.1 Å². The van der Waals surface area contributed by atoms with Crippen molar-refractivity contribution in [3.8, 4) is 0 Å². The highest BCUT2D eigenvalue weighted by molar-refractivity contribution is 7.91. The minimum absolute atomic E-state index is 0.0657. The summed E-state index contributed by atoms with van der Waals surface area (Å²) >= 11 is 6.04. The molecule has 0 saturated carbocycles. The summed E-state index contributed by atoms with van der Waals surface area (Å²) in [5, 5.41) is 4.03. The van der Waals surface area contributed by atoms with E-state index in [1.165, 1.54) is 0 Å². The average Bonchev–Trinajstić information content (AvgIpc) is 2.46. The van der Waals surface area contributed by atoms with Gasteiger partial charge in [0.2, 0.25) is 0 Å². The molecular formula is C12H15ClN2O2S. The summed E-state index contributed by atoms with van der Waals surface area (Å²) in [4.78, 5) is 2.18. The van der Waals surface area contributed by atoms with Gasteiger partial charge >= 0.3 is 0 Å². The molecule has 98 valence electrons. The summed E-state index contributed by atoms with van der Waals surface area (Å²) in [6.45, 7) is 1.35. The highest BCUT2D eigenvalue weighted by atomic mass is 35.5. The number of fused-ring (bicyclic) bond motifs is 3. The molecule has 2 heterocycles. The number of sulfone groups is 1. The number of nitrogens with zero attached hydrogens (tertiary/aromatic N) is 1. The molecule has 1 aromatic carbocycles. The Morgan fingerprint density at radius 2 is 2.22 bits per heavy atom. The van der Waals surface area contributed by atoms with Gasteiger partial charge in [0.25, 0.3) is 0 Å². The molecule has 4 nitrogen and oxygen atoms in total. The van der Waals surface area contributed by atoms with Gasteiger partial charge in [-0.1, -0.05) is 11.6 Å². The minimum Gasteiger partial charge on any atom is -0.383 e. The van der Waals surface area contributed by atoms with Crippen molar-refractivity contribution in [3.63, 3.8) is 0 Å². The van der Waals surface area contributed by atoms with E-state index in [4.69, 9.17) is 11.6 Å². The molecule has 0 amide bonds. The Bertz CT molecular complexity index is 573. The zero-order chi connectivity index (χ0) is 12.8. The number of benzene rings is 1. The topological polar surface area (TPSA) is 49.4 Å². The lowest BCUT2D eigenvalue weighted by molar-refractivity contribution is 0.550. The van der Waals surface area contributed by atoms with E-state index in [1.54, 1.807) is 0 Å². The van der Waals surface area contributed by atoms with Gasteiger partial charge in [-0.15, -0.1) is 0 Å². The summed E-state index contributed by atoms with van der Waals surface area (Å²) in [6.07, 6.45) is 0.839. The maximum absolute atomic E-state index is 11.7. The van der Waals surface area contributed by atoms with Gasteiger partial charge in [0.15, 0.2) is 9.84 Å². The lowest BCUT2D eigenvalue weighted by Gasteiger charge is -2.36. The van der Waals surface area contributed by atoms with Gasteiger partial charge in [-0.3, -0.25) is 0 Å². The van der Waals surface area contributed by atoms with Crippen LogP contribution in [0.1, 0.15) is 6.42 Å². The van der Waals surface area contributed by atoms with Crippen molar-refractivity contribution in [2.45, 2.75) is 12.5 Å². The van der Waals surface area contributed by atoms with Crippen molar-refractivity contribution in [1.29, 1.82) is 0 Å². The Hall–Kier alpha value is -0.940. The van der Waals surface area contributed by atoms with Crippen LogP contribution < -0.4 is 10.2 Å². The van der Waals surface area contributed by atoms with Gasteiger partial charge in [-0.05, 0) is 24.6 Å². The van der Waals surface area contributed by atoms with Crippen LogP contribution in [0.15, 0.2) is 18.2 Å². The summed E-state index contributed by atoms with van der Waals surface area (Å²) in [5.41, 5.74) is 2.07. The fourth-order valence-corrected chi connectivity index (χ4v) is 4.45. The number of halogens is 1. The fraction of sp³-hybridized carbons (Fsp3) is 0.500. The van der Waals surface area contributed by atoms with E-state index in [2.05, 4.69) is 10.2 Å². The number of hydrogen-bond acceptors (Lipinski definition) is 4. The van der Waals surface area contributed by atoms with Crippen LogP contribution in [-0.2, 0) is 9.84 Å². The molecule has 3 rings (SSSR count). The van der Waals surface area contributed by atoms with Crippen LogP contribution in [0.5, 0.6) is 0 Å². The van der Waals surface area contributed by atoms with E-state index < -0.39 is 9.84 Å². The van der Waals surface area contributed by atoms with Gasteiger partial charge in [0.1, 0.15) is 0 Å². The van der Waals surface area contributed by atoms with Gasteiger partial charge in [-0.25, -0.2) is 8.42 Å². The monoisotopic (exact) mass is 286 g/mol. The molecule has 1 saturated heterocycles. The standard InChI is InChI=1S/C12H15ClN2O2S/c13-9-1-2-11-12(7-9)15-5-6-18(16,17)8-10(15)3-4-14-11/h1-2,7,10,14H,3-6,8H2. The SMILES string of the molecule is O=S1(=O)CCN2c3cc(Cl)ccc3NCCC2C1. The Kier molecular flexibility index (Phi) is 2.90. The van der Waals surface area contributed by atoms with Gasteiger partial charge in [0, 0.05) is 24.2 Å². The molecule has 18 heavy (non-hydrogen) atoms. The number of nitrogens with one attached hydrogen (secondary N) is 1. The Balaban J connectivity index is 2.02. The maximum atomic E-state index is 11.7. The molecule has 6 heteroatoms. The summed E-state index contributed by atoms with van der Waals surface area (Å²) in [6, 6.07) is 5.80. The lowest BCUT2D eigenvalue weighted by atomic mass is 10.2. The molecule has 2 aliphatic rings. The zero-order valence-electron chi connectivity index (χ0n) is 9.89. The van der Waals surface area contributed by atoms with Crippen LogP contribution >= 0.6 is 11.6 Å². The first-order valence-corrected chi connectivity index (χ1v) is 8.26. The highest BCUT2D eigenvalue weighted by Crippen LogP contribution is 2.35. The molecule has 1 fully saturated rings. The predicted octanol–water partition coefficient (Wildman–Crippen LogP) is 1.76. The molecule has 1 atom stereocenters. The van der Waals surface area contributed by atoms with E-state index >= 15 is 0 Å². The van der Waals surface area contributed by atoms with E-state index in [0.717, 1.165) is 24.3 Å². The molecule has 2 aliphatic heterocycles. The fourth-order valence-electron chi connectivity index (χ4n) is 2.71. The Morgan fingerprint density at radius 1 is 1.39 bits per heavy atom.